The van der Waals surface area contributed by atoms with Crippen molar-refractivity contribution in [2.75, 3.05) is 32.8 Å². The van der Waals surface area contributed by atoms with Gasteiger partial charge in [0.2, 0.25) is 0 Å². The van der Waals surface area contributed by atoms with Gasteiger partial charge in [-0.05, 0) is 24.6 Å². The molecule has 1 aromatic carbocycles. The summed E-state index contributed by atoms with van der Waals surface area (Å²) in [4.78, 5) is 1.90. The third-order valence-electron chi connectivity index (χ3n) is 3.57. The molecule has 0 bridgehead atoms. The highest BCUT2D eigenvalue weighted by atomic mass is 35.5. The van der Waals surface area contributed by atoms with Gasteiger partial charge in [-0.3, -0.25) is 4.90 Å². The van der Waals surface area contributed by atoms with Crippen molar-refractivity contribution >= 4 is 24.8 Å². The van der Waals surface area contributed by atoms with E-state index in [0.29, 0.717) is 31.0 Å². The lowest BCUT2D eigenvalue weighted by Gasteiger charge is -2.35. The molecule has 1 heterocycles. The van der Waals surface area contributed by atoms with Gasteiger partial charge in [0.25, 0.3) is 0 Å². The van der Waals surface area contributed by atoms with Gasteiger partial charge < -0.3 is 10.1 Å². The minimum atomic E-state index is -4.18. The molecule has 134 valence electrons. The fourth-order valence-electron chi connectivity index (χ4n) is 2.65. The van der Waals surface area contributed by atoms with Gasteiger partial charge in [0, 0.05) is 32.2 Å². The monoisotopic (exact) mass is 374 g/mol. The number of rotatable bonds is 5. The van der Waals surface area contributed by atoms with Crippen LogP contribution in [0.15, 0.2) is 24.3 Å². The predicted molar refractivity (Wildman–Crippen MR) is 90.0 cm³/mol. The first kappa shape index (κ1) is 22.3. The van der Waals surface area contributed by atoms with Crippen LogP contribution in [0.2, 0.25) is 0 Å². The van der Waals surface area contributed by atoms with Crippen LogP contribution in [0.1, 0.15) is 24.9 Å². The number of hydrogen-bond donors (Lipinski definition) is 1. The molecule has 0 unspecified atom stereocenters. The van der Waals surface area contributed by atoms with Crippen molar-refractivity contribution in [3.8, 4) is 5.75 Å². The molecule has 0 aliphatic carbocycles. The first-order valence-corrected chi connectivity index (χ1v) is 7.24. The van der Waals surface area contributed by atoms with Crippen molar-refractivity contribution in [2.45, 2.75) is 25.6 Å². The summed E-state index contributed by atoms with van der Waals surface area (Å²) in [6, 6.07) is 6.36. The number of nitrogens with zero attached hydrogens (tertiary/aromatic N) is 1. The van der Waals surface area contributed by atoms with E-state index in [0.717, 1.165) is 13.1 Å². The topological polar surface area (TPSA) is 24.5 Å². The van der Waals surface area contributed by atoms with Gasteiger partial charge in [-0.15, -0.1) is 24.8 Å². The van der Waals surface area contributed by atoms with Crippen LogP contribution in [-0.2, 0) is 0 Å². The first-order chi connectivity index (χ1) is 9.99. The molecule has 2 rings (SSSR count). The number of benzene rings is 1. The van der Waals surface area contributed by atoms with E-state index >= 15 is 0 Å². The summed E-state index contributed by atoms with van der Waals surface area (Å²) in [5.74, 6) is 0.623. The summed E-state index contributed by atoms with van der Waals surface area (Å²) in [6.07, 6.45) is -5.01. The molecule has 0 amide bonds. The van der Waals surface area contributed by atoms with Gasteiger partial charge in [0.1, 0.15) is 5.75 Å². The Morgan fingerprint density at radius 3 is 2.43 bits per heavy atom. The number of piperazine rings is 1. The summed E-state index contributed by atoms with van der Waals surface area (Å²) in [7, 11) is 0. The van der Waals surface area contributed by atoms with Gasteiger partial charge in [-0.25, -0.2) is 0 Å². The predicted octanol–water partition coefficient (Wildman–Crippen LogP) is 3.83. The van der Waals surface area contributed by atoms with Gasteiger partial charge in [0.05, 0.1) is 13.0 Å². The van der Waals surface area contributed by atoms with Crippen LogP contribution in [0.5, 0.6) is 5.75 Å². The highest BCUT2D eigenvalue weighted by Gasteiger charge is 2.36. The van der Waals surface area contributed by atoms with Crippen molar-refractivity contribution < 1.29 is 17.9 Å². The number of alkyl halides is 3. The Labute approximate surface area is 147 Å². The lowest BCUT2D eigenvalue weighted by Crippen LogP contribution is -2.46. The van der Waals surface area contributed by atoms with Crippen LogP contribution in [0.25, 0.3) is 0 Å². The zero-order chi connectivity index (χ0) is 15.3. The van der Waals surface area contributed by atoms with Crippen LogP contribution in [0, 0.1) is 0 Å². The molecular formula is C15H23Cl2F3N2O. The number of halogens is 5. The second-order valence-electron chi connectivity index (χ2n) is 5.13. The van der Waals surface area contributed by atoms with Crippen LogP contribution >= 0.6 is 24.8 Å². The standard InChI is InChI=1S/C15H21F3N2O.2ClH/c1-2-21-13-5-3-4-12(10-13)14(11-15(16,17)18)20-8-6-19-7-9-20;;/h3-5,10,14,19H,2,6-9,11H2,1H3;2*1H/t14-;;/m0../s1. The number of ether oxygens (including phenoxy) is 1. The first-order valence-electron chi connectivity index (χ1n) is 7.24. The normalized spacial score (nSPS) is 16.9. The van der Waals surface area contributed by atoms with Crippen LogP contribution < -0.4 is 10.1 Å². The molecular weight excluding hydrogens is 352 g/mol. The van der Waals surface area contributed by atoms with Gasteiger partial charge in [-0.2, -0.15) is 13.2 Å². The van der Waals surface area contributed by atoms with E-state index < -0.39 is 18.6 Å². The summed E-state index contributed by atoms with van der Waals surface area (Å²) < 4.78 is 44.2. The molecule has 0 saturated carbocycles. The quantitative estimate of drug-likeness (QED) is 0.847. The maximum Gasteiger partial charge on any atom is 0.390 e. The molecule has 23 heavy (non-hydrogen) atoms. The Morgan fingerprint density at radius 2 is 1.87 bits per heavy atom. The van der Waals surface area contributed by atoms with Crippen LogP contribution in [0.4, 0.5) is 13.2 Å². The SMILES string of the molecule is CCOc1cccc([C@H](CC(F)(F)F)N2CCNCC2)c1.Cl.Cl. The van der Waals surface area contributed by atoms with Gasteiger partial charge >= 0.3 is 6.18 Å². The Bertz CT molecular complexity index is 455. The maximum absolute atomic E-state index is 12.9. The van der Waals surface area contributed by atoms with Crippen LogP contribution in [-0.4, -0.2) is 43.9 Å². The molecule has 0 aromatic heterocycles. The van der Waals surface area contributed by atoms with Crippen molar-refractivity contribution in [3.05, 3.63) is 29.8 Å². The number of hydrogen-bond acceptors (Lipinski definition) is 3. The van der Waals surface area contributed by atoms with E-state index in [2.05, 4.69) is 5.32 Å². The van der Waals surface area contributed by atoms with E-state index in [9.17, 15) is 13.2 Å². The average molecular weight is 375 g/mol. The molecule has 1 fully saturated rings. The molecule has 3 nitrogen and oxygen atoms in total. The minimum absolute atomic E-state index is 0. The van der Waals surface area contributed by atoms with Crippen LogP contribution in [0.3, 0.4) is 0 Å². The van der Waals surface area contributed by atoms with Crippen molar-refractivity contribution in [3.63, 3.8) is 0 Å². The highest BCUT2D eigenvalue weighted by molar-refractivity contribution is 5.85. The summed E-state index contributed by atoms with van der Waals surface area (Å²) in [5, 5.41) is 3.17. The molecule has 1 aliphatic heterocycles. The second-order valence-corrected chi connectivity index (χ2v) is 5.13. The van der Waals surface area contributed by atoms with Gasteiger partial charge in [-0.1, -0.05) is 12.1 Å². The lowest BCUT2D eigenvalue weighted by atomic mass is 10.0. The zero-order valence-electron chi connectivity index (χ0n) is 12.9. The maximum atomic E-state index is 12.9. The second kappa shape index (κ2) is 10.2. The minimum Gasteiger partial charge on any atom is -0.494 e. The fourth-order valence-corrected chi connectivity index (χ4v) is 2.65. The van der Waals surface area contributed by atoms with Crippen molar-refractivity contribution in [1.82, 2.24) is 10.2 Å². The molecule has 0 radical (unpaired) electrons. The molecule has 0 spiro atoms. The van der Waals surface area contributed by atoms with E-state index in [1.807, 2.05) is 11.8 Å². The van der Waals surface area contributed by atoms with E-state index in [4.69, 9.17) is 4.74 Å². The largest absolute Gasteiger partial charge is 0.494 e. The van der Waals surface area contributed by atoms with Crippen molar-refractivity contribution in [1.29, 1.82) is 0 Å². The lowest BCUT2D eigenvalue weighted by molar-refractivity contribution is -0.148. The Balaban J connectivity index is 0.00000242. The Morgan fingerprint density at radius 1 is 1.22 bits per heavy atom. The van der Waals surface area contributed by atoms with Gasteiger partial charge in [0.15, 0.2) is 0 Å². The summed E-state index contributed by atoms with van der Waals surface area (Å²) >= 11 is 0. The highest BCUT2D eigenvalue weighted by Crippen LogP contribution is 2.35. The smallest absolute Gasteiger partial charge is 0.390 e. The molecule has 1 N–H and O–H groups in total. The van der Waals surface area contributed by atoms with E-state index in [1.165, 1.54) is 0 Å². The molecule has 1 aromatic rings. The summed E-state index contributed by atoms with van der Waals surface area (Å²) in [6.45, 7) is 5.05. The third-order valence-corrected chi connectivity index (χ3v) is 3.57. The fraction of sp³-hybridized carbons (Fsp3) is 0.600. The number of nitrogens with one attached hydrogen (secondary N) is 1. The summed E-state index contributed by atoms with van der Waals surface area (Å²) in [5.41, 5.74) is 0.667. The van der Waals surface area contributed by atoms with E-state index in [-0.39, 0.29) is 24.8 Å². The van der Waals surface area contributed by atoms with Crippen molar-refractivity contribution in [2.24, 2.45) is 0 Å². The molecule has 1 saturated heterocycles. The third kappa shape index (κ3) is 7.16. The Hall–Kier alpha value is -0.690. The zero-order valence-corrected chi connectivity index (χ0v) is 14.6. The molecule has 8 heteroatoms. The molecule has 1 atom stereocenters. The average Bonchev–Trinajstić information content (AvgIpc) is 2.45. The molecule has 1 aliphatic rings. The Kier molecular flexibility index (Phi) is 9.93. The van der Waals surface area contributed by atoms with E-state index in [1.54, 1.807) is 24.3 Å².